The van der Waals surface area contributed by atoms with E-state index in [-0.39, 0.29) is 17.9 Å². The fourth-order valence-electron chi connectivity index (χ4n) is 3.58. The minimum atomic E-state index is -0.0755. The molecule has 28 heavy (non-hydrogen) atoms. The van der Waals surface area contributed by atoms with Crippen molar-refractivity contribution >= 4 is 11.8 Å². The van der Waals surface area contributed by atoms with Crippen molar-refractivity contribution in [3.05, 3.63) is 59.2 Å². The van der Waals surface area contributed by atoms with Crippen molar-refractivity contribution in [3.63, 3.8) is 0 Å². The molecular weight excluding hydrogens is 356 g/mol. The number of hydrogen-bond acceptors (Lipinski definition) is 4. The average molecular weight is 382 g/mol. The van der Waals surface area contributed by atoms with Crippen molar-refractivity contribution in [3.8, 4) is 11.5 Å². The van der Waals surface area contributed by atoms with Crippen molar-refractivity contribution in [1.82, 2.24) is 10.2 Å². The number of methoxy groups -OCH3 is 2. The van der Waals surface area contributed by atoms with Crippen LogP contribution in [-0.2, 0) is 11.3 Å². The molecule has 0 aromatic heterocycles. The van der Waals surface area contributed by atoms with Gasteiger partial charge in [0.25, 0.3) is 5.91 Å². The summed E-state index contributed by atoms with van der Waals surface area (Å²) in [5, 5.41) is 2.76. The molecule has 0 aliphatic carbocycles. The van der Waals surface area contributed by atoms with Crippen LogP contribution in [0.2, 0.25) is 0 Å². The fourth-order valence-corrected chi connectivity index (χ4v) is 3.58. The van der Waals surface area contributed by atoms with Crippen molar-refractivity contribution in [2.75, 3.05) is 20.8 Å². The molecule has 1 unspecified atom stereocenters. The zero-order valence-electron chi connectivity index (χ0n) is 16.5. The van der Waals surface area contributed by atoms with Gasteiger partial charge in [0.05, 0.1) is 20.3 Å². The second-order valence-corrected chi connectivity index (χ2v) is 6.87. The summed E-state index contributed by atoms with van der Waals surface area (Å²) in [6.45, 7) is 2.66. The van der Waals surface area contributed by atoms with E-state index in [9.17, 15) is 9.59 Å². The summed E-state index contributed by atoms with van der Waals surface area (Å²) in [5.74, 6) is 1.39. The molecule has 6 heteroatoms. The summed E-state index contributed by atoms with van der Waals surface area (Å²) < 4.78 is 10.8. The number of rotatable bonds is 6. The van der Waals surface area contributed by atoms with Gasteiger partial charge in [0.2, 0.25) is 5.91 Å². The topological polar surface area (TPSA) is 67.9 Å². The number of ether oxygens (including phenoxy) is 2. The maximum Gasteiger partial charge on any atom is 0.254 e. The Hall–Kier alpha value is -3.02. The number of likely N-dealkylation sites (tertiary alicyclic amines) is 1. The summed E-state index contributed by atoms with van der Waals surface area (Å²) in [6.07, 6.45) is 1.85. The third-order valence-electron chi connectivity index (χ3n) is 5.06. The molecule has 2 aromatic carbocycles. The smallest absolute Gasteiger partial charge is 0.254 e. The van der Waals surface area contributed by atoms with E-state index in [0.29, 0.717) is 18.7 Å². The van der Waals surface area contributed by atoms with Gasteiger partial charge < -0.3 is 19.7 Å². The highest BCUT2D eigenvalue weighted by Gasteiger charge is 2.32. The second kappa shape index (κ2) is 8.78. The van der Waals surface area contributed by atoms with Crippen LogP contribution < -0.4 is 14.8 Å². The van der Waals surface area contributed by atoms with Gasteiger partial charge in [-0.25, -0.2) is 0 Å². The Bertz CT molecular complexity index is 848. The molecule has 1 saturated heterocycles. The van der Waals surface area contributed by atoms with Crippen LogP contribution in [-0.4, -0.2) is 37.5 Å². The van der Waals surface area contributed by atoms with E-state index in [1.54, 1.807) is 14.2 Å². The van der Waals surface area contributed by atoms with Gasteiger partial charge in [0.1, 0.15) is 11.5 Å². The Morgan fingerprint density at radius 3 is 2.50 bits per heavy atom. The monoisotopic (exact) mass is 382 g/mol. The third kappa shape index (κ3) is 4.27. The number of benzene rings is 2. The molecular formula is C22H26N2O4. The largest absolute Gasteiger partial charge is 0.497 e. The highest BCUT2D eigenvalue weighted by molar-refractivity contribution is 5.94. The molecule has 6 nitrogen and oxygen atoms in total. The first-order valence-electron chi connectivity index (χ1n) is 9.39. The molecule has 1 fully saturated rings. The number of amides is 2. The van der Waals surface area contributed by atoms with Gasteiger partial charge in [0.15, 0.2) is 0 Å². The van der Waals surface area contributed by atoms with Gasteiger partial charge in [-0.05, 0) is 42.7 Å². The molecule has 1 aliphatic rings. The molecule has 0 radical (unpaired) electrons. The van der Waals surface area contributed by atoms with Gasteiger partial charge in [-0.2, -0.15) is 0 Å². The number of carbonyl (C=O) groups is 2. The molecule has 2 aromatic rings. The lowest BCUT2D eigenvalue weighted by molar-refractivity contribution is -0.119. The molecule has 0 saturated carbocycles. The predicted molar refractivity (Wildman–Crippen MR) is 107 cm³/mol. The van der Waals surface area contributed by atoms with Crippen LogP contribution in [0.3, 0.4) is 0 Å². The van der Waals surface area contributed by atoms with Gasteiger partial charge in [-0.15, -0.1) is 0 Å². The molecule has 2 amide bonds. The number of nitrogens with one attached hydrogen (secondary N) is 1. The Morgan fingerprint density at radius 2 is 1.86 bits per heavy atom. The molecule has 0 bridgehead atoms. The van der Waals surface area contributed by atoms with Crippen molar-refractivity contribution < 1.29 is 19.1 Å². The quantitative estimate of drug-likeness (QED) is 0.832. The van der Waals surface area contributed by atoms with Crippen LogP contribution in [0.5, 0.6) is 11.5 Å². The van der Waals surface area contributed by atoms with Gasteiger partial charge in [-0.1, -0.05) is 12.1 Å². The number of carbonyl (C=O) groups excluding carboxylic acids is 2. The van der Waals surface area contributed by atoms with E-state index in [2.05, 4.69) is 5.32 Å². The van der Waals surface area contributed by atoms with E-state index in [1.165, 1.54) is 6.92 Å². The zero-order chi connectivity index (χ0) is 20.1. The number of nitrogens with zero attached hydrogens (tertiary/aromatic N) is 1. The van der Waals surface area contributed by atoms with Crippen LogP contribution in [0.4, 0.5) is 0 Å². The molecule has 1 aliphatic heterocycles. The molecule has 148 valence electrons. The summed E-state index contributed by atoms with van der Waals surface area (Å²) in [4.78, 5) is 26.1. The minimum Gasteiger partial charge on any atom is -0.497 e. The van der Waals surface area contributed by atoms with Crippen LogP contribution in [0.15, 0.2) is 42.5 Å². The average Bonchev–Trinajstić information content (AvgIpc) is 3.21. The first kappa shape index (κ1) is 19.7. The van der Waals surface area contributed by atoms with Crippen molar-refractivity contribution in [2.45, 2.75) is 32.4 Å². The van der Waals surface area contributed by atoms with Crippen LogP contribution in [0.1, 0.15) is 47.3 Å². The van der Waals surface area contributed by atoms with E-state index in [0.717, 1.165) is 35.5 Å². The maximum absolute atomic E-state index is 13.1. The molecule has 3 rings (SSSR count). The summed E-state index contributed by atoms with van der Waals surface area (Å²) in [5.41, 5.74) is 2.60. The lowest BCUT2D eigenvalue weighted by atomic mass is 10.0. The Labute approximate surface area is 165 Å². The summed E-state index contributed by atoms with van der Waals surface area (Å²) in [7, 11) is 3.25. The highest BCUT2D eigenvalue weighted by atomic mass is 16.5. The van der Waals surface area contributed by atoms with Gasteiger partial charge in [0, 0.05) is 37.2 Å². The Morgan fingerprint density at radius 1 is 1.11 bits per heavy atom. The van der Waals surface area contributed by atoms with Crippen LogP contribution in [0.25, 0.3) is 0 Å². The molecule has 0 spiro atoms. The fraction of sp³-hybridized carbons (Fsp3) is 0.364. The normalized spacial score (nSPS) is 16.0. The third-order valence-corrected chi connectivity index (χ3v) is 5.06. The van der Waals surface area contributed by atoms with Crippen LogP contribution in [0, 0.1) is 0 Å². The summed E-state index contributed by atoms with van der Waals surface area (Å²) in [6, 6.07) is 13.1. The van der Waals surface area contributed by atoms with E-state index >= 15 is 0 Å². The first-order valence-corrected chi connectivity index (χ1v) is 9.39. The van der Waals surface area contributed by atoms with Gasteiger partial charge >= 0.3 is 0 Å². The number of hydrogen-bond donors (Lipinski definition) is 1. The zero-order valence-corrected chi connectivity index (χ0v) is 16.5. The Balaban J connectivity index is 1.79. The SMILES string of the molecule is COc1ccc(C2CCCN2C(=O)c2ccc(CNC(C)=O)cc2)c(OC)c1. The van der Waals surface area contributed by atoms with Crippen molar-refractivity contribution in [2.24, 2.45) is 0 Å². The van der Waals surface area contributed by atoms with E-state index in [1.807, 2.05) is 47.4 Å². The van der Waals surface area contributed by atoms with E-state index < -0.39 is 0 Å². The Kier molecular flexibility index (Phi) is 6.19. The van der Waals surface area contributed by atoms with Crippen LogP contribution >= 0.6 is 0 Å². The van der Waals surface area contributed by atoms with Gasteiger partial charge in [-0.3, -0.25) is 9.59 Å². The molecule has 1 N–H and O–H groups in total. The lowest BCUT2D eigenvalue weighted by Gasteiger charge is -2.26. The molecule has 1 atom stereocenters. The first-order chi connectivity index (χ1) is 13.5. The van der Waals surface area contributed by atoms with Crippen molar-refractivity contribution in [1.29, 1.82) is 0 Å². The lowest BCUT2D eigenvalue weighted by Crippen LogP contribution is -2.30. The maximum atomic E-state index is 13.1. The van der Waals surface area contributed by atoms with E-state index in [4.69, 9.17) is 9.47 Å². The standard InChI is InChI=1S/C22H26N2O4/c1-15(25)23-14-16-6-8-17(9-7-16)22(26)24-12-4-5-20(24)19-11-10-18(27-2)13-21(19)28-3/h6-11,13,20H,4-5,12,14H2,1-3H3,(H,23,25). The summed E-state index contributed by atoms with van der Waals surface area (Å²) >= 11 is 0. The molecule has 1 heterocycles. The minimum absolute atomic E-state index is 0.00597. The second-order valence-electron chi connectivity index (χ2n) is 6.87. The highest BCUT2D eigenvalue weighted by Crippen LogP contribution is 2.39. The predicted octanol–water partition coefficient (Wildman–Crippen LogP) is 3.32.